The van der Waals surface area contributed by atoms with Gasteiger partial charge < -0.3 is 19.4 Å². The van der Waals surface area contributed by atoms with Gasteiger partial charge in [0.1, 0.15) is 19.3 Å². The molecule has 0 saturated heterocycles. The lowest BCUT2D eigenvalue weighted by Crippen LogP contribution is -2.47. The number of amides is 1. The first kappa shape index (κ1) is 68.5. The molecule has 0 radical (unpaired) electrons. The number of quaternary nitrogens is 1. The van der Waals surface area contributed by atoms with Crippen molar-refractivity contribution in [3.63, 3.8) is 0 Å². The predicted octanol–water partition coefficient (Wildman–Crippen LogP) is 17.7. The van der Waals surface area contributed by atoms with Gasteiger partial charge in [0, 0.05) is 12.8 Å². The number of allylic oxidation sites excluding steroid dienone is 11. The first-order valence-electron chi connectivity index (χ1n) is 29.3. The summed E-state index contributed by atoms with van der Waals surface area (Å²) in [5, 5.41) is 3.04. The van der Waals surface area contributed by atoms with E-state index in [1.54, 1.807) is 0 Å². The molecule has 1 amide bonds. The van der Waals surface area contributed by atoms with E-state index >= 15 is 0 Å². The number of ether oxygens (including phenoxy) is 1. The van der Waals surface area contributed by atoms with Gasteiger partial charge in [-0.05, 0) is 102 Å². The minimum atomic E-state index is -4.45. The standard InChI is InChI=1S/C61H111N2O7P/c1-7-10-13-16-19-22-25-27-29-31-33-35-38-41-44-47-50-53-60(64)62-58(57-69-71(66,67)68-56-55-63(4,5)6)59(52-49-46-43-40-37-24-21-18-15-12-9-3)70-61(65)54-51-48-45-42-39-36-34-32-30-28-26-23-20-17-14-11-8-2/h19-20,22-23,27-30,34,36,49,52,58-59H,7-18,21,24-26,31-33,35,37-48,50-51,53-57H2,1-6H3,(H-,62,64,66,67)/p+1/b22-19-,23-20-,29-27-,30-28-,36-34-,52-49+. The first-order chi connectivity index (χ1) is 34.4. The topological polar surface area (TPSA) is 111 Å². The van der Waals surface area contributed by atoms with Gasteiger partial charge >= 0.3 is 13.8 Å². The molecule has 9 nitrogen and oxygen atoms in total. The molecule has 0 aromatic rings. The fourth-order valence-corrected chi connectivity index (χ4v) is 8.77. The number of likely N-dealkylation sites (N-methyl/N-ethyl adjacent to an activating group) is 1. The Morgan fingerprint density at radius 1 is 0.493 bits per heavy atom. The van der Waals surface area contributed by atoms with Crippen LogP contribution in [-0.4, -0.2) is 74.3 Å². The summed E-state index contributed by atoms with van der Waals surface area (Å²) in [7, 11) is 1.47. The van der Waals surface area contributed by atoms with E-state index < -0.39 is 20.0 Å². The summed E-state index contributed by atoms with van der Waals surface area (Å²) in [5.41, 5.74) is 0. The van der Waals surface area contributed by atoms with Gasteiger partial charge in [-0.15, -0.1) is 0 Å². The van der Waals surface area contributed by atoms with E-state index in [9.17, 15) is 19.0 Å². The van der Waals surface area contributed by atoms with Crippen molar-refractivity contribution in [2.45, 2.75) is 264 Å². The molecule has 0 rings (SSSR count). The monoisotopic (exact) mass is 1020 g/mol. The van der Waals surface area contributed by atoms with E-state index in [-0.39, 0.29) is 31.5 Å². The SMILES string of the molecule is CCCCC/C=C\C/C=C\C/C=C\CCCCCCC(=O)OC(/C=C/CCCCCCCCCCC)C(COP(=O)(O)OCC[N+](C)(C)C)NC(=O)CCCCCCCCC/C=C\C/C=C\CCCCC. The van der Waals surface area contributed by atoms with Crippen LogP contribution in [0, 0.1) is 0 Å². The molecule has 2 N–H and O–H groups in total. The molecule has 412 valence electrons. The van der Waals surface area contributed by atoms with Crippen LogP contribution in [0.2, 0.25) is 0 Å². The number of phosphoric ester groups is 1. The second kappa shape index (κ2) is 51.0. The van der Waals surface area contributed by atoms with Crippen LogP contribution in [0.25, 0.3) is 0 Å². The molecule has 0 bridgehead atoms. The highest BCUT2D eigenvalue weighted by molar-refractivity contribution is 7.47. The number of esters is 1. The fourth-order valence-electron chi connectivity index (χ4n) is 8.03. The van der Waals surface area contributed by atoms with Gasteiger partial charge in [0.15, 0.2) is 0 Å². The smallest absolute Gasteiger partial charge is 0.456 e. The Morgan fingerprint density at radius 2 is 0.859 bits per heavy atom. The molecule has 0 aliphatic heterocycles. The van der Waals surface area contributed by atoms with Crippen molar-refractivity contribution in [1.29, 1.82) is 0 Å². The van der Waals surface area contributed by atoms with Gasteiger partial charge in [-0.25, -0.2) is 4.57 Å². The maximum Gasteiger partial charge on any atom is 0.472 e. The van der Waals surface area contributed by atoms with Crippen molar-refractivity contribution < 1.29 is 37.3 Å². The van der Waals surface area contributed by atoms with Crippen molar-refractivity contribution in [1.82, 2.24) is 5.32 Å². The van der Waals surface area contributed by atoms with Crippen molar-refractivity contribution in [3.8, 4) is 0 Å². The van der Waals surface area contributed by atoms with Crippen LogP contribution in [0.15, 0.2) is 72.9 Å². The summed E-state index contributed by atoms with van der Waals surface area (Å²) < 4.78 is 30.6. The van der Waals surface area contributed by atoms with Crippen LogP contribution in [0.1, 0.15) is 252 Å². The number of nitrogens with zero attached hydrogens (tertiary/aromatic N) is 1. The molecule has 0 heterocycles. The molecule has 10 heteroatoms. The molecule has 0 aliphatic carbocycles. The van der Waals surface area contributed by atoms with E-state index in [1.807, 2.05) is 33.3 Å². The van der Waals surface area contributed by atoms with Gasteiger partial charge in [0.25, 0.3) is 0 Å². The molecule has 0 saturated carbocycles. The number of nitrogens with one attached hydrogen (secondary N) is 1. The van der Waals surface area contributed by atoms with Gasteiger partial charge in [0.05, 0.1) is 33.8 Å². The van der Waals surface area contributed by atoms with Gasteiger partial charge in [0.2, 0.25) is 5.91 Å². The number of rotatable bonds is 52. The Kier molecular flexibility index (Phi) is 49.1. The highest BCUT2D eigenvalue weighted by atomic mass is 31.2. The summed E-state index contributed by atoms with van der Waals surface area (Å²) in [4.78, 5) is 37.6. The van der Waals surface area contributed by atoms with Crippen LogP contribution in [0.3, 0.4) is 0 Å². The van der Waals surface area contributed by atoms with Crippen LogP contribution < -0.4 is 5.32 Å². The first-order valence-corrected chi connectivity index (χ1v) is 30.8. The van der Waals surface area contributed by atoms with E-state index in [1.165, 1.54) is 116 Å². The lowest BCUT2D eigenvalue weighted by atomic mass is 10.1. The minimum Gasteiger partial charge on any atom is -0.456 e. The molecule has 0 aromatic carbocycles. The van der Waals surface area contributed by atoms with Crippen LogP contribution in [0.5, 0.6) is 0 Å². The van der Waals surface area contributed by atoms with Gasteiger partial charge in [-0.1, -0.05) is 210 Å². The van der Waals surface area contributed by atoms with Gasteiger partial charge in [-0.2, -0.15) is 0 Å². The summed E-state index contributed by atoms with van der Waals surface area (Å²) in [6.45, 7) is 6.93. The molecule has 0 aromatic heterocycles. The van der Waals surface area contributed by atoms with E-state index in [0.717, 1.165) is 96.3 Å². The Labute approximate surface area is 438 Å². The zero-order chi connectivity index (χ0) is 52.2. The van der Waals surface area contributed by atoms with E-state index in [4.69, 9.17) is 13.8 Å². The third-order valence-corrected chi connectivity index (χ3v) is 13.6. The second-order valence-corrected chi connectivity index (χ2v) is 22.3. The summed E-state index contributed by atoms with van der Waals surface area (Å²) >= 11 is 0. The summed E-state index contributed by atoms with van der Waals surface area (Å²) in [6.07, 6.45) is 64.6. The number of hydrogen-bond acceptors (Lipinski definition) is 6. The maximum atomic E-state index is 13.5. The number of unbranched alkanes of at least 4 members (excludes halogenated alkanes) is 26. The molecular weight excluding hydrogens is 904 g/mol. The molecule has 0 fully saturated rings. The number of carbonyl (C=O) groups is 2. The minimum absolute atomic E-state index is 0.0323. The highest BCUT2D eigenvalue weighted by Gasteiger charge is 2.30. The van der Waals surface area contributed by atoms with Crippen LogP contribution in [0.4, 0.5) is 0 Å². The highest BCUT2D eigenvalue weighted by Crippen LogP contribution is 2.43. The lowest BCUT2D eigenvalue weighted by molar-refractivity contribution is -0.870. The third-order valence-electron chi connectivity index (χ3n) is 12.6. The molecular formula is C61H112N2O7P+. The zero-order valence-corrected chi connectivity index (χ0v) is 47.8. The number of carbonyl (C=O) groups excluding carboxylic acids is 2. The normalized spacial score (nSPS) is 14.3. The van der Waals surface area contributed by atoms with Crippen molar-refractivity contribution in [2.24, 2.45) is 0 Å². The van der Waals surface area contributed by atoms with E-state index in [0.29, 0.717) is 23.9 Å². The Balaban J connectivity index is 5.35. The molecule has 71 heavy (non-hydrogen) atoms. The van der Waals surface area contributed by atoms with Crippen LogP contribution in [-0.2, 0) is 27.9 Å². The van der Waals surface area contributed by atoms with Crippen molar-refractivity contribution >= 4 is 19.7 Å². The molecule has 0 aliphatic rings. The second-order valence-electron chi connectivity index (χ2n) is 20.8. The molecule has 3 atom stereocenters. The quantitative estimate of drug-likeness (QED) is 0.0205. The summed E-state index contributed by atoms with van der Waals surface area (Å²) in [5.74, 6) is -0.541. The largest absolute Gasteiger partial charge is 0.472 e. The number of phosphoric acid groups is 1. The lowest BCUT2D eigenvalue weighted by Gasteiger charge is -2.27. The fraction of sp³-hybridized carbons (Fsp3) is 0.770. The average Bonchev–Trinajstić information content (AvgIpc) is 3.33. The maximum absolute atomic E-state index is 13.5. The third kappa shape index (κ3) is 52.1. The van der Waals surface area contributed by atoms with E-state index in [2.05, 4.69) is 86.8 Å². The molecule has 3 unspecified atom stereocenters. The van der Waals surface area contributed by atoms with Crippen molar-refractivity contribution in [3.05, 3.63) is 72.9 Å². The zero-order valence-electron chi connectivity index (χ0n) is 47.0. The Bertz CT molecular complexity index is 1450. The average molecular weight is 1020 g/mol. The Morgan fingerprint density at radius 3 is 1.31 bits per heavy atom. The Hall–Kier alpha value is -2.55. The number of hydrogen-bond donors (Lipinski definition) is 2. The predicted molar refractivity (Wildman–Crippen MR) is 305 cm³/mol. The van der Waals surface area contributed by atoms with Gasteiger partial charge in [-0.3, -0.25) is 18.6 Å². The molecule has 0 spiro atoms. The van der Waals surface area contributed by atoms with Crippen LogP contribution >= 0.6 is 7.82 Å². The van der Waals surface area contributed by atoms with Crippen molar-refractivity contribution in [2.75, 3.05) is 40.9 Å². The summed E-state index contributed by atoms with van der Waals surface area (Å²) in [6, 6.07) is -0.863.